The van der Waals surface area contributed by atoms with Gasteiger partial charge in [-0.1, -0.05) is 0 Å². The first-order chi connectivity index (χ1) is 7.43. The van der Waals surface area contributed by atoms with E-state index in [9.17, 15) is 13.2 Å². The Kier molecular flexibility index (Phi) is 4.89. The summed E-state index contributed by atoms with van der Waals surface area (Å²) in [6, 6.07) is 0. The third-order valence-corrected chi connectivity index (χ3v) is 4.85. The number of ketones is 1. The topological polar surface area (TPSA) is 72.5 Å². The highest BCUT2D eigenvalue weighted by atomic mass is 32.2. The fourth-order valence-electron chi connectivity index (χ4n) is 1.41. The summed E-state index contributed by atoms with van der Waals surface area (Å²) in [5.74, 6) is -0.208. The van der Waals surface area contributed by atoms with Gasteiger partial charge in [0.15, 0.2) is 15.6 Å². The van der Waals surface area contributed by atoms with Crippen molar-refractivity contribution in [2.24, 2.45) is 0 Å². The summed E-state index contributed by atoms with van der Waals surface area (Å²) in [5.41, 5.74) is 0. The molecule has 5 nitrogen and oxygen atoms in total. The number of sulfone groups is 1. The lowest BCUT2D eigenvalue weighted by atomic mass is 10.1. The maximum absolute atomic E-state index is 11.6. The third-order valence-electron chi connectivity index (χ3n) is 2.64. The molecule has 1 heterocycles. The molecule has 1 aliphatic heterocycles. The fraction of sp³-hybridized carbons (Fsp3) is 0.900. The van der Waals surface area contributed by atoms with Crippen molar-refractivity contribution in [1.29, 1.82) is 0 Å². The first-order valence-corrected chi connectivity index (χ1v) is 7.21. The lowest BCUT2D eigenvalue weighted by Crippen LogP contribution is -2.43. The molecule has 1 atom stereocenters. The van der Waals surface area contributed by atoms with E-state index in [4.69, 9.17) is 4.74 Å². The van der Waals surface area contributed by atoms with E-state index in [1.165, 1.54) is 0 Å². The number of Topliss-reactive ketones (excluding diaryl/α,β-unsaturated/α-hetero) is 1. The van der Waals surface area contributed by atoms with Crippen LogP contribution >= 0.6 is 0 Å². The summed E-state index contributed by atoms with van der Waals surface area (Å²) >= 11 is 0. The monoisotopic (exact) mass is 249 g/mol. The summed E-state index contributed by atoms with van der Waals surface area (Å²) in [6.45, 7) is 4.99. The second-order valence-electron chi connectivity index (χ2n) is 4.20. The van der Waals surface area contributed by atoms with E-state index in [1.54, 1.807) is 13.8 Å². The zero-order chi connectivity index (χ0) is 12.2. The third kappa shape index (κ3) is 3.84. The quantitative estimate of drug-likeness (QED) is 0.728. The Bertz CT molecular complexity index is 331. The second kappa shape index (κ2) is 5.75. The van der Waals surface area contributed by atoms with E-state index in [2.05, 4.69) is 5.32 Å². The maximum Gasteiger partial charge on any atom is 0.163 e. The molecule has 1 rings (SSSR count). The molecular weight excluding hydrogens is 230 g/mol. The Morgan fingerprint density at radius 1 is 1.50 bits per heavy atom. The Morgan fingerprint density at radius 3 is 2.69 bits per heavy atom. The minimum Gasteiger partial charge on any atom is -0.368 e. The zero-order valence-electron chi connectivity index (χ0n) is 9.73. The molecule has 0 aromatic heterocycles. The van der Waals surface area contributed by atoms with Gasteiger partial charge in [-0.3, -0.25) is 4.79 Å². The Labute approximate surface area is 96.5 Å². The highest BCUT2D eigenvalue weighted by molar-refractivity contribution is 7.91. The van der Waals surface area contributed by atoms with Gasteiger partial charge in [-0.25, -0.2) is 8.42 Å². The first kappa shape index (κ1) is 13.6. The van der Waals surface area contributed by atoms with Crippen LogP contribution in [-0.2, 0) is 19.4 Å². The van der Waals surface area contributed by atoms with Crippen LogP contribution in [0.1, 0.15) is 20.3 Å². The number of carbonyl (C=O) groups excluding carboxylic acids is 1. The van der Waals surface area contributed by atoms with Gasteiger partial charge in [0, 0.05) is 19.5 Å². The van der Waals surface area contributed by atoms with Gasteiger partial charge < -0.3 is 10.1 Å². The number of hydrogen-bond acceptors (Lipinski definition) is 5. The van der Waals surface area contributed by atoms with Crippen molar-refractivity contribution in [2.45, 2.75) is 31.6 Å². The van der Waals surface area contributed by atoms with Crippen LogP contribution in [0.5, 0.6) is 0 Å². The molecular formula is C10H19NO4S. The van der Waals surface area contributed by atoms with Crippen molar-refractivity contribution < 1.29 is 17.9 Å². The minimum absolute atomic E-state index is 0.0485. The molecule has 1 saturated heterocycles. The summed E-state index contributed by atoms with van der Waals surface area (Å²) in [7, 11) is -3.13. The van der Waals surface area contributed by atoms with Crippen molar-refractivity contribution in [3.8, 4) is 0 Å². The van der Waals surface area contributed by atoms with E-state index in [0.717, 1.165) is 6.54 Å². The van der Waals surface area contributed by atoms with Crippen molar-refractivity contribution in [1.82, 2.24) is 5.32 Å². The fourth-order valence-corrected chi connectivity index (χ4v) is 2.37. The summed E-state index contributed by atoms with van der Waals surface area (Å²) < 4.78 is 28.3. The van der Waals surface area contributed by atoms with Gasteiger partial charge in [-0.15, -0.1) is 0 Å². The van der Waals surface area contributed by atoms with Crippen LogP contribution < -0.4 is 5.32 Å². The van der Waals surface area contributed by atoms with Gasteiger partial charge >= 0.3 is 0 Å². The number of morpholine rings is 1. The number of rotatable bonds is 5. The molecule has 0 amide bonds. The molecule has 0 aliphatic carbocycles. The summed E-state index contributed by atoms with van der Waals surface area (Å²) in [4.78, 5) is 11.6. The lowest BCUT2D eigenvalue weighted by molar-refractivity contribution is -0.131. The molecule has 1 aliphatic rings. The van der Waals surface area contributed by atoms with Crippen LogP contribution in [0.4, 0.5) is 0 Å². The first-order valence-electron chi connectivity index (χ1n) is 5.50. The van der Waals surface area contributed by atoms with Crippen LogP contribution in [0.15, 0.2) is 0 Å². The van der Waals surface area contributed by atoms with Crippen LogP contribution in [-0.4, -0.2) is 51.0 Å². The maximum atomic E-state index is 11.6. The van der Waals surface area contributed by atoms with E-state index in [-0.39, 0.29) is 18.0 Å². The van der Waals surface area contributed by atoms with Crippen molar-refractivity contribution >= 4 is 15.6 Å². The average molecular weight is 249 g/mol. The van der Waals surface area contributed by atoms with Crippen molar-refractivity contribution in [3.05, 3.63) is 0 Å². The minimum atomic E-state index is -3.13. The van der Waals surface area contributed by atoms with Crippen molar-refractivity contribution in [2.75, 3.05) is 25.4 Å². The molecule has 16 heavy (non-hydrogen) atoms. The number of ether oxygens (including phenoxy) is 1. The largest absolute Gasteiger partial charge is 0.368 e. The van der Waals surface area contributed by atoms with E-state index in [0.29, 0.717) is 13.2 Å². The molecule has 1 fully saturated rings. The molecule has 0 bridgehead atoms. The van der Waals surface area contributed by atoms with Crippen LogP contribution in [0.25, 0.3) is 0 Å². The van der Waals surface area contributed by atoms with Crippen LogP contribution in [0, 0.1) is 0 Å². The normalized spacial score (nSPS) is 22.3. The molecule has 6 heteroatoms. The smallest absolute Gasteiger partial charge is 0.163 e. The van der Waals surface area contributed by atoms with Gasteiger partial charge in [0.2, 0.25) is 0 Å². The molecule has 0 saturated carbocycles. The highest BCUT2D eigenvalue weighted by Crippen LogP contribution is 2.06. The van der Waals surface area contributed by atoms with Gasteiger partial charge in [0.05, 0.1) is 17.6 Å². The Hall–Kier alpha value is -0.460. The molecule has 0 aromatic rings. The van der Waals surface area contributed by atoms with Gasteiger partial charge in [-0.05, 0) is 13.8 Å². The molecule has 1 N–H and O–H groups in total. The Morgan fingerprint density at radius 2 is 2.19 bits per heavy atom. The molecule has 94 valence electrons. The Balaban J connectivity index is 2.40. The van der Waals surface area contributed by atoms with Crippen LogP contribution in [0.3, 0.4) is 0 Å². The van der Waals surface area contributed by atoms with Gasteiger partial charge in [0.1, 0.15) is 6.10 Å². The number of nitrogens with one attached hydrogen (secondary N) is 1. The molecule has 1 unspecified atom stereocenters. The number of hydrogen-bond donors (Lipinski definition) is 1. The van der Waals surface area contributed by atoms with Gasteiger partial charge in [0.25, 0.3) is 0 Å². The zero-order valence-corrected chi connectivity index (χ0v) is 10.5. The van der Waals surface area contributed by atoms with Crippen molar-refractivity contribution in [3.63, 3.8) is 0 Å². The van der Waals surface area contributed by atoms with Crippen LogP contribution in [0.2, 0.25) is 0 Å². The van der Waals surface area contributed by atoms with E-state index < -0.39 is 21.2 Å². The standard InChI is InChI=1S/C10H19NO4S/c1-8(2)16(13,14)6-3-9(12)10-7-11-4-5-15-10/h8,10-11H,3-7H2,1-2H3. The summed E-state index contributed by atoms with van der Waals surface area (Å²) in [6.07, 6.45) is -0.427. The average Bonchev–Trinajstić information content (AvgIpc) is 2.27. The van der Waals surface area contributed by atoms with E-state index >= 15 is 0 Å². The predicted octanol–water partition coefficient (Wildman–Crippen LogP) is -0.243. The molecule has 0 radical (unpaired) electrons. The van der Waals surface area contributed by atoms with E-state index in [1.807, 2.05) is 0 Å². The lowest BCUT2D eigenvalue weighted by Gasteiger charge is -2.22. The SMILES string of the molecule is CC(C)S(=O)(=O)CCC(=O)C1CNCCO1. The number of carbonyl (C=O) groups is 1. The second-order valence-corrected chi connectivity index (χ2v) is 6.87. The highest BCUT2D eigenvalue weighted by Gasteiger charge is 2.24. The predicted molar refractivity (Wildman–Crippen MR) is 61.2 cm³/mol. The van der Waals surface area contributed by atoms with Gasteiger partial charge in [-0.2, -0.15) is 0 Å². The molecule has 0 spiro atoms. The summed E-state index contributed by atoms with van der Waals surface area (Å²) in [5, 5.41) is 2.62. The molecule has 0 aromatic carbocycles.